The number of anilines is 3. The second-order valence-electron chi connectivity index (χ2n) is 14.4. The van der Waals surface area contributed by atoms with Crippen molar-refractivity contribution in [3.05, 3.63) is 170 Å². The molecule has 5 heterocycles. The Bertz CT molecular complexity index is 3580. The van der Waals surface area contributed by atoms with Gasteiger partial charge in [-0.1, -0.05) is 115 Å². The summed E-state index contributed by atoms with van der Waals surface area (Å²) in [4.78, 5) is 8.18. The number of para-hydroxylation sites is 4. The summed E-state index contributed by atoms with van der Waals surface area (Å²) in [6.07, 6.45) is 0. The molecule has 5 aromatic heterocycles. The summed E-state index contributed by atoms with van der Waals surface area (Å²) in [5, 5.41) is 13.6. The van der Waals surface area contributed by atoms with Gasteiger partial charge < -0.3 is 9.30 Å². The highest BCUT2D eigenvalue weighted by atomic mass is 15.2. The molecule has 13 aromatic rings. The van der Waals surface area contributed by atoms with E-state index in [-0.39, 0.29) is 0 Å². The maximum atomic E-state index is 5.80. The van der Waals surface area contributed by atoms with Crippen molar-refractivity contribution in [1.82, 2.24) is 13.8 Å². The van der Waals surface area contributed by atoms with Gasteiger partial charge in [0.1, 0.15) is 5.65 Å². The van der Waals surface area contributed by atoms with Gasteiger partial charge in [0, 0.05) is 49.1 Å². The van der Waals surface area contributed by atoms with Crippen molar-refractivity contribution in [2.75, 3.05) is 4.90 Å². The molecule has 0 atom stereocenters. The summed E-state index contributed by atoms with van der Waals surface area (Å²) in [6.45, 7) is 0. The largest absolute Gasteiger partial charge is 0.308 e. The van der Waals surface area contributed by atoms with Gasteiger partial charge >= 0.3 is 0 Å². The molecule has 0 spiro atoms. The Morgan fingerprint density at radius 3 is 1.72 bits per heavy atom. The first-order valence-corrected chi connectivity index (χ1v) is 18.2. The van der Waals surface area contributed by atoms with Crippen molar-refractivity contribution in [3.8, 4) is 0 Å². The van der Waals surface area contributed by atoms with Gasteiger partial charge in [-0.25, -0.2) is 4.98 Å². The minimum absolute atomic E-state index is 0.986. The molecular formula is C49H28N4. The molecule has 8 aromatic carbocycles. The molecule has 13 rings (SSSR count). The van der Waals surface area contributed by atoms with Gasteiger partial charge in [-0.2, -0.15) is 0 Å². The fourth-order valence-corrected chi connectivity index (χ4v) is 9.52. The van der Waals surface area contributed by atoms with Gasteiger partial charge in [0.25, 0.3) is 0 Å². The van der Waals surface area contributed by atoms with Crippen LogP contribution in [0.2, 0.25) is 0 Å². The molecule has 0 unspecified atom stereocenters. The summed E-state index contributed by atoms with van der Waals surface area (Å²) < 4.78 is 4.94. The molecule has 4 heteroatoms. The summed E-state index contributed by atoms with van der Waals surface area (Å²) in [6, 6.07) is 61.9. The molecule has 0 fully saturated rings. The zero-order valence-electron chi connectivity index (χ0n) is 28.5. The van der Waals surface area contributed by atoms with Crippen LogP contribution in [0.1, 0.15) is 0 Å². The summed E-state index contributed by atoms with van der Waals surface area (Å²) in [5.74, 6) is 0. The Morgan fingerprint density at radius 2 is 0.962 bits per heavy atom. The van der Waals surface area contributed by atoms with Gasteiger partial charge in [-0.05, 0) is 76.1 Å². The van der Waals surface area contributed by atoms with Crippen LogP contribution in [-0.4, -0.2) is 13.8 Å². The average Bonchev–Trinajstić information content (AvgIpc) is 3.93. The van der Waals surface area contributed by atoms with Crippen molar-refractivity contribution in [2.45, 2.75) is 0 Å². The van der Waals surface area contributed by atoms with Crippen molar-refractivity contribution in [2.24, 2.45) is 0 Å². The van der Waals surface area contributed by atoms with Gasteiger partial charge in [0.15, 0.2) is 0 Å². The Kier molecular flexibility index (Phi) is 5.08. The Morgan fingerprint density at radius 1 is 0.377 bits per heavy atom. The summed E-state index contributed by atoms with van der Waals surface area (Å²) >= 11 is 0. The Labute approximate surface area is 302 Å². The highest BCUT2D eigenvalue weighted by Crippen LogP contribution is 2.48. The Hall–Kier alpha value is -7.17. The highest BCUT2D eigenvalue weighted by molar-refractivity contribution is 6.33. The van der Waals surface area contributed by atoms with Gasteiger partial charge in [0.05, 0.1) is 38.8 Å². The first kappa shape index (κ1) is 27.5. The van der Waals surface area contributed by atoms with E-state index in [1.54, 1.807) is 0 Å². The number of aromatic nitrogens is 3. The predicted molar refractivity (Wildman–Crippen MR) is 223 cm³/mol. The number of hydrogen-bond donors (Lipinski definition) is 0. The first-order valence-electron chi connectivity index (χ1n) is 18.2. The standard InChI is InChI=1S/C49H28N4/c1-3-16-32(17-4-1)51(33-18-5-2-6-19-33)41-24-12-23-36-35-21-11-22-37-40-28-43-45(50-49(40)53(46(35)37)47(36)41)44-34-20-10-9-15-31(34)26-39-38-25-29-13-7-8-14-30(29)27-42(38)52(43)48(39)44/h1-28H. The second-order valence-corrected chi connectivity index (χ2v) is 14.4. The molecule has 0 aliphatic rings. The molecule has 0 bridgehead atoms. The number of nitrogens with zero attached hydrogens (tertiary/aromatic N) is 4. The maximum Gasteiger partial charge on any atom is 0.146 e. The van der Waals surface area contributed by atoms with Crippen molar-refractivity contribution in [1.29, 1.82) is 0 Å². The minimum Gasteiger partial charge on any atom is -0.308 e. The second kappa shape index (κ2) is 9.78. The fourth-order valence-electron chi connectivity index (χ4n) is 9.52. The summed E-state index contributed by atoms with van der Waals surface area (Å²) in [7, 11) is 0. The first-order chi connectivity index (χ1) is 26.3. The van der Waals surface area contributed by atoms with E-state index in [9.17, 15) is 0 Å². The smallest absolute Gasteiger partial charge is 0.146 e. The normalized spacial score (nSPS) is 12.5. The lowest BCUT2D eigenvalue weighted by atomic mass is 10.0. The van der Waals surface area contributed by atoms with E-state index in [1.807, 2.05) is 0 Å². The summed E-state index contributed by atoms with van der Waals surface area (Å²) in [5.41, 5.74) is 11.4. The molecular weight excluding hydrogens is 645 g/mol. The zero-order valence-corrected chi connectivity index (χ0v) is 28.5. The number of benzene rings is 8. The van der Waals surface area contributed by atoms with Crippen LogP contribution in [0, 0.1) is 0 Å². The zero-order chi connectivity index (χ0) is 34.4. The maximum absolute atomic E-state index is 5.80. The Balaban J connectivity index is 1.24. The van der Waals surface area contributed by atoms with Crippen LogP contribution >= 0.6 is 0 Å². The monoisotopic (exact) mass is 672 g/mol. The topological polar surface area (TPSA) is 25.0 Å². The number of pyridine rings is 1. The van der Waals surface area contributed by atoms with Crippen LogP contribution < -0.4 is 4.90 Å². The van der Waals surface area contributed by atoms with E-state index in [0.29, 0.717) is 0 Å². The van der Waals surface area contributed by atoms with Crippen LogP contribution in [0.3, 0.4) is 0 Å². The predicted octanol–water partition coefficient (Wildman–Crippen LogP) is 13.2. The number of hydrogen-bond acceptors (Lipinski definition) is 2. The molecule has 0 aliphatic heterocycles. The molecule has 0 aliphatic carbocycles. The number of fused-ring (bicyclic) bond motifs is 15. The third kappa shape index (κ3) is 3.43. The lowest BCUT2D eigenvalue weighted by Gasteiger charge is -2.26. The van der Waals surface area contributed by atoms with Crippen LogP contribution in [0.15, 0.2) is 170 Å². The van der Waals surface area contributed by atoms with Gasteiger partial charge in [0.2, 0.25) is 0 Å². The number of rotatable bonds is 3. The quantitative estimate of drug-likeness (QED) is 0.187. The van der Waals surface area contributed by atoms with E-state index < -0.39 is 0 Å². The third-order valence-electron chi connectivity index (χ3n) is 11.7. The van der Waals surface area contributed by atoms with Crippen molar-refractivity contribution >= 4 is 115 Å². The van der Waals surface area contributed by atoms with Gasteiger partial charge in [-0.15, -0.1) is 0 Å². The molecule has 0 saturated heterocycles. The molecule has 0 N–H and O–H groups in total. The molecule has 244 valence electrons. The SMILES string of the molecule is c1ccc(N(c2ccccc2)c2cccc3c4cccc5c6cc7c(nc6n(c23)c54)c2c3ccccc3cc3c4cc5ccccc5cc4n7c32)cc1. The van der Waals surface area contributed by atoms with E-state index in [4.69, 9.17) is 4.98 Å². The van der Waals surface area contributed by atoms with Crippen LogP contribution in [0.5, 0.6) is 0 Å². The molecule has 0 saturated carbocycles. The van der Waals surface area contributed by atoms with E-state index in [1.165, 1.54) is 75.8 Å². The molecule has 53 heavy (non-hydrogen) atoms. The van der Waals surface area contributed by atoms with Crippen LogP contribution in [0.4, 0.5) is 17.1 Å². The van der Waals surface area contributed by atoms with Gasteiger partial charge in [-0.3, -0.25) is 4.40 Å². The molecule has 0 amide bonds. The minimum atomic E-state index is 0.986. The third-order valence-corrected chi connectivity index (χ3v) is 11.7. The molecule has 0 radical (unpaired) electrons. The van der Waals surface area contributed by atoms with E-state index in [2.05, 4.69) is 184 Å². The van der Waals surface area contributed by atoms with Crippen LogP contribution in [-0.2, 0) is 0 Å². The average molecular weight is 673 g/mol. The van der Waals surface area contributed by atoms with Crippen molar-refractivity contribution < 1.29 is 0 Å². The van der Waals surface area contributed by atoms with E-state index >= 15 is 0 Å². The lowest BCUT2D eigenvalue weighted by molar-refractivity contribution is 1.25. The lowest BCUT2D eigenvalue weighted by Crippen LogP contribution is -2.10. The molecule has 4 nitrogen and oxygen atoms in total. The van der Waals surface area contributed by atoms with Crippen molar-refractivity contribution in [3.63, 3.8) is 0 Å². The van der Waals surface area contributed by atoms with E-state index in [0.717, 1.165) is 39.3 Å². The van der Waals surface area contributed by atoms with Crippen LogP contribution in [0.25, 0.3) is 98.0 Å². The fraction of sp³-hybridized carbons (Fsp3) is 0. The highest BCUT2D eigenvalue weighted by Gasteiger charge is 2.27.